The number of ketones is 1. The van der Waals surface area contributed by atoms with Crippen molar-refractivity contribution in [3.8, 4) is 11.4 Å². The smallest absolute Gasteiger partial charge is 0.308 e. The fraction of sp³-hybridized carbons (Fsp3) is 0.269. The van der Waals surface area contributed by atoms with Gasteiger partial charge >= 0.3 is 5.97 Å². The van der Waals surface area contributed by atoms with E-state index in [1.807, 2.05) is 51.2 Å². The second-order valence-electron chi connectivity index (χ2n) is 8.36. The van der Waals surface area contributed by atoms with Crippen LogP contribution in [0.15, 0.2) is 59.7 Å². The molecule has 3 aromatic heterocycles. The lowest BCUT2D eigenvalue weighted by molar-refractivity contribution is -0.142. The topological polar surface area (TPSA) is 113 Å². The summed E-state index contributed by atoms with van der Waals surface area (Å²) >= 11 is 0. The molecule has 1 N–H and O–H groups in total. The van der Waals surface area contributed by atoms with E-state index in [2.05, 4.69) is 15.3 Å². The molecular weight excluding hydrogens is 460 g/mol. The number of esters is 1. The predicted octanol–water partition coefficient (Wildman–Crippen LogP) is 2.91. The number of hydrogen-bond donors (Lipinski definition) is 1. The van der Waals surface area contributed by atoms with Crippen molar-refractivity contribution in [2.75, 3.05) is 18.5 Å². The highest BCUT2D eigenvalue weighted by Gasteiger charge is 2.24. The molecule has 0 saturated heterocycles. The first-order valence-corrected chi connectivity index (χ1v) is 11.5. The molecule has 186 valence electrons. The van der Waals surface area contributed by atoms with Crippen LogP contribution < -0.4 is 10.9 Å². The van der Waals surface area contributed by atoms with Crippen molar-refractivity contribution < 1.29 is 14.3 Å². The van der Waals surface area contributed by atoms with E-state index in [0.717, 1.165) is 17.1 Å². The minimum absolute atomic E-state index is 0.0623. The Hall–Kier alpha value is -4.47. The first kappa shape index (κ1) is 24.6. The van der Waals surface area contributed by atoms with Crippen molar-refractivity contribution in [1.29, 1.82) is 0 Å². The summed E-state index contributed by atoms with van der Waals surface area (Å²) in [6, 6.07) is 12.8. The van der Waals surface area contributed by atoms with Crippen LogP contribution in [-0.2, 0) is 16.6 Å². The molecule has 0 unspecified atom stereocenters. The lowest BCUT2D eigenvalue weighted by atomic mass is 10.1. The summed E-state index contributed by atoms with van der Waals surface area (Å²) in [6.45, 7) is 5.39. The Balaban J connectivity index is 1.49. The van der Waals surface area contributed by atoms with Gasteiger partial charge < -0.3 is 14.6 Å². The van der Waals surface area contributed by atoms with Gasteiger partial charge in [0.25, 0.3) is 5.56 Å². The van der Waals surface area contributed by atoms with Crippen LogP contribution in [-0.4, -0.2) is 48.8 Å². The third-order valence-corrected chi connectivity index (χ3v) is 6.02. The Morgan fingerprint density at radius 1 is 1.00 bits per heavy atom. The van der Waals surface area contributed by atoms with Gasteiger partial charge in [-0.1, -0.05) is 18.2 Å². The summed E-state index contributed by atoms with van der Waals surface area (Å²) < 4.78 is 10.4. The third-order valence-electron chi connectivity index (χ3n) is 6.02. The van der Waals surface area contributed by atoms with Gasteiger partial charge in [0.05, 0.1) is 17.8 Å². The number of aryl methyl sites for hydroxylation is 1. The number of Topliss-reactive ketones (excluding diaryl/α,β-unsaturated/α-hetero) is 1. The molecule has 1 aromatic carbocycles. The number of benzene rings is 1. The molecule has 10 heteroatoms. The first-order chi connectivity index (χ1) is 17.3. The number of nitrogens with zero attached hydrogens (tertiary/aromatic N) is 5. The molecule has 0 spiro atoms. The summed E-state index contributed by atoms with van der Waals surface area (Å²) in [4.78, 5) is 46.5. The molecule has 0 radical (unpaired) electrons. The molecule has 0 aliphatic carbocycles. The second-order valence-corrected chi connectivity index (χ2v) is 8.36. The average molecular weight is 489 g/mol. The zero-order valence-corrected chi connectivity index (χ0v) is 20.7. The van der Waals surface area contributed by atoms with Crippen LogP contribution in [0.1, 0.15) is 33.9 Å². The molecule has 0 bridgehead atoms. The molecule has 3 heterocycles. The highest BCUT2D eigenvalue weighted by atomic mass is 16.5. The maximum Gasteiger partial charge on any atom is 0.308 e. The van der Waals surface area contributed by atoms with Gasteiger partial charge in [0.1, 0.15) is 5.69 Å². The Morgan fingerprint density at radius 3 is 2.39 bits per heavy atom. The largest absolute Gasteiger partial charge is 0.457 e. The van der Waals surface area contributed by atoms with Crippen LogP contribution in [0.2, 0.25) is 0 Å². The fourth-order valence-electron chi connectivity index (χ4n) is 4.16. The molecule has 4 aromatic rings. The Morgan fingerprint density at radius 2 is 1.69 bits per heavy atom. The number of anilines is 1. The van der Waals surface area contributed by atoms with Crippen LogP contribution in [0, 0.1) is 20.8 Å². The van der Waals surface area contributed by atoms with Crippen LogP contribution in [0.3, 0.4) is 0 Å². The van der Waals surface area contributed by atoms with Gasteiger partial charge in [-0.2, -0.15) is 0 Å². The molecular formula is C26H28N6O4. The zero-order valence-electron chi connectivity index (χ0n) is 20.7. The fourth-order valence-corrected chi connectivity index (χ4v) is 4.16. The van der Waals surface area contributed by atoms with Gasteiger partial charge in [0.15, 0.2) is 6.61 Å². The summed E-state index contributed by atoms with van der Waals surface area (Å²) in [6.07, 6.45) is 3.25. The highest BCUT2D eigenvalue weighted by Crippen LogP contribution is 2.23. The Kier molecular flexibility index (Phi) is 7.14. The van der Waals surface area contributed by atoms with E-state index in [4.69, 9.17) is 4.74 Å². The van der Waals surface area contributed by atoms with Gasteiger partial charge in [-0.25, -0.2) is 14.6 Å². The molecule has 0 aliphatic rings. The molecule has 36 heavy (non-hydrogen) atoms. The number of nitrogens with one attached hydrogen (secondary N) is 1. The van der Waals surface area contributed by atoms with Crippen LogP contribution in [0.5, 0.6) is 0 Å². The number of rotatable bonds is 9. The number of hydrogen-bond acceptors (Lipinski definition) is 7. The van der Waals surface area contributed by atoms with Crippen molar-refractivity contribution in [2.45, 2.75) is 27.2 Å². The highest BCUT2D eigenvalue weighted by molar-refractivity contribution is 5.99. The maximum absolute atomic E-state index is 13.5. The quantitative estimate of drug-likeness (QED) is 0.285. The van der Waals surface area contributed by atoms with Gasteiger partial charge in [-0.15, -0.1) is 0 Å². The minimum atomic E-state index is -0.509. The number of carbonyl (C=O) groups is 2. The van der Waals surface area contributed by atoms with E-state index in [-0.39, 0.29) is 30.9 Å². The maximum atomic E-state index is 13.5. The number of ether oxygens (including phenoxy) is 1. The van der Waals surface area contributed by atoms with Crippen molar-refractivity contribution in [1.82, 2.24) is 23.9 Å². The van der Waals surface area contributed by atoms with E-state index in [0.29, 0.717) is 22.9 Å². The normalized spacial score (nSPS) is 10.9. The Labute approximate surface area is 208 Å². The average Bonchev–Trinajstić information content (AvgIpc) is 3.29. The predicted molar refractivity (Wildman–Crippen MR) is 135 cm³/mol. The molecule has 10 nitrogen and oxygen atoms in total. The van der Waals surface area contributed by atoms with Crippen molar-refractivity contribution in [2.24, 2.45) is 7.05 Å². The summed E-state index contributed by atoms with van der Waals surface area (Å²) in [5.41, 5.74) is 3.54. The number of carbonyl (C=O) groups excluding carboxylic acids is 2. The van der Waals surface area contributed by atoms with Gasteiger partial charge in [0, 0.05) is 42.9 Å². The van der Waals surface area contributed by atoms with Gasteiger partial charge in [-0.05, 0) is 45.0 Å². The zero-order chi connectivity index (χ0) is 25.8. The lowest BCUT2D eigenvalue weighted by Crippen LogP contribution is -2.22. The minimum Gasteiger partial charge on any atom is -0.457 e. The van der Waals surface area contributed by atoms with Gasteiger partial charge in [0.2, 0.25) is 11.7 Å². The van der Waals surface area contributed by atoms with Crippen molar-refractivity contribution >= 4 is 17.7 Å². The van der Waals surface area contributed by atoms with Crippen molar-refractivity contribution in [3.63, 3.8) is 0 Å². The summed E-state index contributed by atoms with van der Waals surface area (Å²) in [5, 5.41) is 2.92. The van der Waals surface area contributed by atoms with Crippen LogP contribution in [0.4, 0.5) is 5.95 Å². The van der Waals surface area contributed by atoms with E-state index < -0.39 is 5.97 Å². The van der Waals surface area contributed by atoms with Gasteiger partial charge in [-0.3, -0.25) is 19.1 Å². The monoisotopic (exact) mass is 488 g/mol. The standard InChI is InChI=1S/C26H28N6O4/c1-17-15-21(22(33)16-36-23(34)11-14-29-26-27-12-8-13-28-26)18(2)31(17)24-19(3)30(4)32(25(24)35)20-9-6-5-7-10-20/h5-10,12-13,15H,11,14,16H2,1-4H3,(H,27,28,29). The van der Waals surface area contributed by atoms with Crippen LogP contribution >= 0.6 is 0 Å². The molecule has 0 atom stereocenters. The van der Waals surface area contributed by atoms with Crippen LogP contribution in [0.25, 0.3) is 11.4 Å². The van der Waals surface area contributed by atoms with E-state index in [1.54, 1.807) is 45.4 Å². The second kappa shape index (κ2) is 10.4. The third kappa shape index (κ3) is 4.83. The molecule has 4 rings (SSSR count). The number of para-hydroxylation sites is 1. The first-order valence-electron chi connectivity index (χ1n) is 11.5. The molecule has 0 fully saturated rings. The summed E-state index contributed by atoms with van der Waals surface area (Å²) in [5.74, 6) is -0.430. The molecule has 0 saturated carbocycles. The summed E-state index contributed by atoms with van der Waals surface area (Å²) in [7, 11) is 1.83. The lowest BCUT2D eigenvalue weighted by Gasteiger charge is -2.09. The van der Waals surface area contributed by atoms with E-state index in [1.165, 1.54) is 0 Å². The molecule has 0 aliphatic heterocycles. The van der Waals surface area contributed by atoms with Crippen molar-refractivity contribution in [3.05, 3.63) is 87.9 Å². The number of aromatic nitrogens is 5. The molecule has 0 amide bonds. The van der Waals surface area contributed by atoms with E-state index >= 15 is 0 Å². The Bertz CT molecular complexity index is 1450. The SMILES string of the molecule is Cc1cc(C(=O)COC(=O)CCNc2ncccn2)c(C)n1-c1c(C)n(C)n(-c2ccccc2)c1=O. The van der Waals surface area contributed by atoms with E-state index in [9.17, 15) is 14.4 Å².